The largest absolute Gasteiger partial charge is 0.383 e. The lowest BCUT2D eigenvalue weighted by molar-refractivity contribution is 0.141. The van der Waals surface area contributed by atoms with Crippen molar-refractivity contribution in [2.75, 3.05) is 13.7 Å². The molecule has 0 spiro atoms. The number of hydrogen-bond acceptors (Lipinski definition) is 4. The van der Waals surface area contributed by atoms with Gasteiger partial charge in [-0.05, 0) is 31.5 Å². The highest BCUT2D eigenvalue weighted by atomic mass is 35.5. The fourth-order valence-corrected chi connectivity index (χ4v) is 3.64. The van der Waals surface area contributed by atoms with Crippen molar-refractivity contribution in [2.24, 2.45) is 5.73 Å². The summed E-state index contributed by atoms with van der Waals surface area (Å²) < 4.78 is 32.2. The minimum Gasteiger partial charge on any atom is -0.383 e. The lowest BCUT2D eigenvalue weighted by Crippen LogP contribution is -2.46. The molecular formula is C12H19ClN2O3S. The third-order valence-corrected chi connectivity index (χ3v) is 4.62. The fourth-order valence-electron chi connectivity index (χ4n) is 1.69. The van der Waals surface area contributed by atoms with Crippen LogP contribution in [0.5, 0.6) is 0 Å². The monoisotopic (exact) mass is 306 g/mol. The van der Waals surface area contributed by atoms with Crippen molar-refractivity contribution in [1.82, 2.24) is 4.72 Å². The topological polar surface area (TPSA) is 81.4 Å². The summed E-state index contributed by atoms with van der Waals surface area (Å²) in [6, 6.07) is 4.71. The minimum absolute atomic E-state index is 0.0290. The number of rotatable bonds is 6. The third kappa shape index (κ3) is 4.43. The fraction of sp³-hybridized carbons (Fsp3) is 0.500. The van der Waals surface area contributed by atoms with Gasteiger partial charge in [0, 0.05) is 13.7 Å². The molecule has 1 aromatic carbocycles. The Balaban J connectivity index is 3.13. The number of hydrogen-bond donors (Lipinski definition) is 2. The molecule has 0 radical (unpaired) electrons. The van der Waals surface area contributed by atoms with E-state index in [1.807, 2.05) is 0 Å². The summed E-state index contributed by atoms with van der Waals surface area (Å²) in [5, 5.41) is 0.165. The van der Waals surface area contributed by atoms with Crippen LogP contribution in [0.2, 0.25) is 5.02 Å². The van der Waals surface area contributed by atoms with Gasteiger partial charge in [-0.25, -0.2) is 13.1 Å². The van der Waals surface area contributed by atoms with E-state index in [1.54, 1.807) is 19.9 Å². The molecule has 0 saturated carbocycles. The Hall–Kier alpha value is -0.660. The smallest absolute Gasteiger partial charge is 0.242 e. The summed E-state index contributed by atoms with van der Waals surface area (Å²) in [6.07, 6.45) is 0. The second kappa shape index (κ2) is 6.19. The Labute approximate surface area is 119 Å². The molecule has 0 fully saturated rings. The predicted molar refractivity (Wildman–Crippen MR) is 75.6 cm³/mol. The molecule has 0 amide bonds. The van der Waals surface area contributed by atoms with E-state index in [0.29, 0.717) is 5.56 Å². The van der Waals surface area contributed by atoms with Gasteiger partial charge in [0.2, 0.25) is 10.0 Å². The van der Waals surface area contributed by atoms with Crippen molar-refractivity contribution >= 4 is 21.6 Å². The van der Waals surface area contributed by atoms with Gasteiger partial charge in [-0.3, -0.25) is 0 Å². The number of methoxy groups -OCH3 is 1. The molecule has 1 aromatic rings. The van der Waals surface area contributed by atoms with E-state index in [0.717, 1.165) is 0 Å². The summed E-state index contributed by atoms with van der Waals surface area (Å²) in [7, 11) is -2.21. The van der Waals surface area contributed by atoms with Crippen molar-refractivity contribution in [3.63, 3.8) is 0 Å². The standard InChI is InChI=1S/C12H19ClN2O3S/c1-12(2,8-18-3)15-19(16,17)11-6-9(7-14)4-5-10(11)13/h4-6,15H,7-8,14H2,1-3H3. The normalized spacial score (nSPS) is 12.7. The highest BCUT2D eigenvalue weighted by Gasteiger charge is 2.27. The first-order chi connectivity index (χ1) is 8.72. The summed E-state index contributed by atoms with van der Waals surface area (Å²) in [4.78, 5) is 0.0290. The van der Waals surface area contributed by atoms with Crippen molar-refractivity contribution in [2.45, 2.75) is 30.8 Å². The molecule has 0 saturated heterocycles. The summed E-state index contributed by atoms with van der Waals surface area (Å²) in [5.41, 5.74) is 5.49. The highest BCUT2D eigenvalue weighted by molar-refractivity contribution is 7.89. The van der Waals surface area contributed by atoms with Gasteiger partial charge in [-0.1, -0.05) is 17.7 Å². The molecule has 0 aliphatic rings. The second-order valence-corrected chi connectivity index (χ2v) is 6.95. The first kappa shape index (κ1) is 16.4. The van der Waals surface area contributed by atoms with Crippen molar-refractivity contribution in [1.29, 1.82) is 0 Å². The summed E-state index contributed by atoms with van der Waals surface area (Å²) >= 11 is 5.95. The number of nitrogens with one attached hydrogen (secondary N) is 1. The molecule has 7 heteroatoms. The zero-order valence-corrected chi connectivity index (χ0v) is 12.8. The van der Waals surface area contributed by atoms with E-state index >= 15 is 0 Å². The lowest BCUT2D eigenvalue weighted by atomic mass is 10.1. The Morgan fingerprint density at radius 3 is 2.58 bits per heavy atom. The van der Waals surface area contributed by atoms with E-state index in [9.17, 15) is 8.42 Å². The van der Waals surface area contributed by atoms with Crippen LogP contribution in [-0.4, -0.2) is 27.7 Å². The average molecular weight is 307 g/mol. The van der Waals surface area contributed by atoms with E-state index in [2.05, 4.69) is 4.72 Å². The van der Waals surface area contributed by atoms with Gasteiger partial charge in [0.15, 0.2) is 0 Å². The maximum atomic E-state index is 12.3. The van der Waals surface area contributed by atoms with Gasteiger partial charge in [-0.15, -0.1) is 0 Å². The molecule has 0 aliphatic carbocycles. The van der Waals surface area contributed by atoms with E-state index < -0.39 is 15.6 Å². The number of sulfonamides is 1. The quantitative estimate of drug-likeness (QED) is 0.834. The Morgan fingerprint density at radius 2 is 2.05 bits per heavy atom. The van der Waals surface area contributed by atoms with Crippen LogP contribution in [0.25, 0.3) is 0 Å². The van der Waals surface area contributed by atoms with Gasteiger partial charge in [0.25, 0.3) is 0 Å². The molecule has 3 N–H and O–H groups in total. The number of nitrogens with two attached hydrogens (primary N) is 1. The molecule has 0 aromatic heterocycles. The molecule has 0 aliphatic heterocycles. The van der Waals surface area contributed by atoms with Crippen LogP contribution in [0.3, 0.4) is 0 Å². The second-order valence-electron chi connectivity index (χ2n) is 4.89. The maximum Gasteiger partial charge on any atom is 0.242 e. The van der Waals surface area contributed by atoms with Crippen LogP contribution in [-0.2, 0) is 21.3 Å². The molecule has 108 valence electrons. The predicted octanol–water partition coefficient (Wildman–Crippen LogP) is 1.50. The first-order valence-electron chi connectivity index (χ1n) is 5.73. The van der Waals surface area contributed by atoms with Crippen LogP contribution >= 0.6 is 11.6 Å². The molecule has 0 unspecified atom stereocenters. The molecule has 0 heterocycles. The molecule has 19 heavy (non-hydrogen) atoms. The minimum atomic E-state index is -3.72. The average Bonchev–Trinajstić information content (AvgIpc) is 2.27. The molecule has 1 rings (SSSR count). The highest BCUT2D eigenvalue weighted by Crippen LogP contribution is 2.23. The Kier molecular flexibility index (Phi) is 5.34. The van der Waals surface area contributed by atoms with Gasteiger partial charge < -0.3 is 10.5 Å². The molecule has 0 atom stereocenters. The first-order valence-corrected chi connectivity index (χ1v) is 7.59. The summed E-state index contributed by atoms with van der Waals surface area (Å²) in [5.74, 6) is 0. The van der Waals surface area contributed by atoms with E-state index in [1.165, 1.54) is 19.2 Å². The van der Waals surface area contributed by atoms with Crippen LogP contribution in [0.1, 0.15) is 19.4 Å². The zero-order chi connectivity index (χ0) is 14.7. The van der Waals surface area contributed by atoms with Crippen molar-refractivity contribution in [3.8, 4) is 0 Å². The third-order valence-electron chi connectivity index (χ3n) is 2.44. The van der Waals surface area contributed by atoms with Gasteiger partial charge in [-0.2, -0.15) is 0 Å². The maximum absolute atomic E-state index is 12.3. The Bertz CT molecular complexity index is 544. The SMILES string of the molecule is COCC(C)(C)NS(=O)(=O)c1cc(CN)ccc1Cl. The van der Waals surface area contributed by atoms with E-state index in [4.69, 9.17) is 22.1 Å². The van der Waals surface area contributed by atoms with Gasteiger partial charge in [0.05, 0.1) is 17.2 Å². The number of benzene rings is 1. The van der Waals surface area contributed by atoms with Crippen molar-refractivity contribution in [3.05, 3.63) is 28.8 Å². The Morgan fingerprint density at radius 1 is 1.42 bits per heavy atom. The lowest BCUT2D eigenvalue weighted by Gasteiger charge is -2.25. The van der Waals surface area contributed by atoms with Crippen LogP contribution in [0.4, 0.5) is 0 Å². The summed E-state index contributed by atoms with van der Waals surface area (Å²) in [6.45, 7) is 3.96. The molecule has 5 nitrogen and oxygen atoms in total. The molecule has 0 bridgehead atoms. The van der Waals surface area contributed by atoms with Crippen LogP contribution in [0, 0.1) is 0 Å². The van der Waals surface area contributed by atoms with Crippen molar-refractivity contribution < 1.29 is 13.2 Å². The van der Waals surface area contributed by atoms with Crippen LogP contribution < -0.4 is 10.5 Å². The molecular weight excluding hydrogens is 288 g/mol. The van der Waals surface area contributed by atoms with E-state index in [-0.39, 0.29) is 23.1 Å². The van der Waals surface area contributed by atoms with Gasteiger partial charge in [0.1, 0.15) is 4.90 Å². The number of halogens is 1. The zero-order valence-electron chi connectivity index (χ0n) is 11.2. The van der Waals surface area contributed by atoms with Crippen LogP contribution in [0.15, 0.2) is 23.1 Å². The number of ether oxygens (including phenoxy) is 1. The van der Waals surface area contributed by atoms with Gasteiger partial charge >= 0.3 is 0 Å².